The predicted octanol–water partition coefficient (Wildman–Crippen LogP) is 3.64. The second kappa shape index (κ2) is 5.12. The lowest BCUT2D eigenvalue weighted by Gasteiger charge is -2.30. The lowest BCUT2D eigenvalue weighted by molar-refractivity contribution is 0.603. The molecule has 1 heterocycles. The number of rotatable bonds is 2. The first kappa shape index (κ1) is 12.9. The molecular weight excluding hydrogens is 258 g/mol. The van der Waals surface area contributed by atoms with Gasteiger partial charge in [-0.3, -0.25) is 0 Å². The van der Waals surface area contributed by atoms with Gasteiger partial charge in [-0.05, 0) is 31.2 Å². The summed E-state index contributed by atoms with van der Waals surface area (Å²) in [6.45, 7) is 3.32. The molecule has 0 unspecified atom stereocenters. The average Bonchev–Trinajstić information content (AvgIpc) is 2.82. The van der Waals surface area contributed by atoms with Crippen LogP contribution in [0.25, 0.3) is 0 Å². The van der Waals surface area contributed by atoms with Gasteiger partial charge in [-0.25, -0.2) is 8.78 Å². The van der Waals surface area contributed by atoms with E-state index in [1.807, 2.05) is 28.9 Å². The summed E-state index contributed by atoms with van der Waals surface area (Å²) < 4.78 is 27.8. The van der Waals surface area contributed by atoms with Gasteiger partial charge in [0, 0.05) is 13.1 Å². The molecule has 1 fully saturated rings. The molecule has 0 bridgehead atoms. The van der Waals surface area contributed by atoms with E-state index in [-0.39, 0.29) is 17.8 Å². The van der Waals surface area contributed by atoms with Crippen LogP contribution in [-0.4, -0.2) is 19.3 Å². The van der Waals surface area contributed by atoms with Crippen LogP contribution < -0.4 is 9.80 Å². The molecule has 0 atom stereocenters. The summed E-state index contributed by atoms with van der Waals surface area (Å²) in [4.78, 5) is 3.92. The SMILES string of the molecule is CC1N(c2ccccc2F)CCN1c1ccccc1F. The van der Waals surface area contributed by atoms with Gasteiger partial charge in [0.1, 0.15) is 11.6 Å². The third kappa shape index (κ3) is 2.11. The molecule has 0 saturated carbocycles. The third-order valence-electron chi connectivity index (χ3n) is 3.81. The van der Waals surface area contributed by atoms with Crippen molar-refractivity contribution in [3.05, 3.63) is 60.2 Å². The van der Waals surface area contributed by atoms with E-state index in [9.17, 15) is 8.78 Å². The molecule has 4 heteroatoms. The minimum absolute atomic E-state index is 0.0798. The molecule has 104 valence electrons. The maximum absolute atomic E-state index is 13.9. The van der Waals surface area contributed by atoms with Crippen LogP contribution in [0.3, 0.4) is 0 Å². The van der Waals surface area contributed by atoms with E-state index in [0.29, 0.717) is 24.5 Å². The Bertz CT molecular complexity index is 561. The molecule has 20 heavy (non-hydrogen) atoms. The van der Waals surface area contributed by atoms with Gasteiger partial charge in [-0.2, -0.15) is 0 Å². The quantitative estimate of drug-likeness (QED) is 0.825. The summed E-state index contributed by atoms with van der Waals surface area (Å²) in [7, 11) is 0. The summed E-state index contributed by atoms with van der Waals surface area (Å²) in [5.41, 5.74) is 1.14. The van der Waals surface area contributed by atoms with Crippen molar-refractivity contribution in [3.8, 4) is 0 Å². The van der Waals surface area contributed by atoms with E-state index in [1.165, 1.54) is 12.1 Å². The van der Waals surface area contributed by atoms with Gasteiger partial charge in [-0.1, -0.05) is 24.3 Å². The molecule has 1 saturated heterocycles. The van der Waals surface area contributed by atoms with Crippen LogP contribution in [0.15, 0.2) is 48.5 Å². The highest BCUT2D eigenvalue weighted by molar-refractivity contribution is 5.57. The molecule has 2 nitrogen and oxygen atoms in total. The van der Waals surface area contributed by atoms with Gasteiger partial charge < -0.3 is 9.80 Å². The Morgan fingerprint density at radius 1 is 0.800 bits per heavy atom. The van der Waals surface area contributed by atoms with Crippen LogP contribution in [-0.2, 0) is 0 Å². The zero-order chi connectivity index (χ0) is 14.1. The molecule has 1 aliphatic heterocycles. The molecule has 2 aromatic carbocycles. The van der Waals surface area contributed by atoms with Crippen molar-refractivity contribution in [2.75, 3.05) is 22.9 Å². The third-order valence-corrected chi connectivity index (χ3v) is 3.81. The number of nitrogens with zero attached hydrogens (tertiary/aromatic N) is 2. The second-order valence-electron chi connectivity index (χ2n) is 4.92. The number of halogens is 2. The Hall–Kier alpha value is -2.10. The Morgan fingerprint density at radius 2 is 1.20 bits per heavy atom. The monoisotopic (exact) mass is 274 g/mol. The van der Waals surface area contributed by atoms with Crippen LogP contribution in [0, 0.1) is 11.6 Å². The lowest BCUT2D eigenvalue weighted by atomic mass is 10.2. The fourth-order valence-electron chi connectivity index (χ4n) is 2.77. The van der Waals surface area contributed by atoms with Gasteiger partial charge >= 0.3 is 0 Å². The summed E-state index contributed by atoms with van der Waals surface area (Å²) in [6.07, 6.45) is -0.0798. The number of hydrogen-bond donors (Lipinski definition) is 0. The summed E-state index contributed by atoms with van der Waals surface area (Å²) in [5, 5.41) is 0. The Kier molecular flexibility index (Phi) is 3.30. The minimum atomic E-state index is -0.241. The Balaban J connectivity index is 1.90. The zero-order valence-electron chi connectivity index (χ0n) is 11.3. The van der Waals surface area contributed by atoms with Crippen LogP contribution in [0.4, 0.5) is 20.2 Å². The van der Waals surface area contributed by atoms with Crippen molar-refractivity contribution in [2.24, 2.45) is 0 Å². The van der Waals surface area contributed by atoms with Gasteiger partial charge in [0.2, 0.25) is 0 Å². The van der Waals surface area contributed by atoms with Crippen molar-refractivity contribution in [2.45, 2.75) is 13.1 Å². The van der Waals surface area contributed by atoms with Gasteiger partial charge in [0.05, 0.1) is 17.5 Å². The molecule has 0 spiro atoms. The van der Waals surface area contributed by atoms with Crippen molar-refractivity contribution in [1.82, 2.24) is 0 Å². The number of hydrogen-bond acceptors (Lipinski definition) is 2. The number of para-hydroxylation sites is 2. The lowest BCUT2D eigenvalue weighted by Crippen LogP contribution is -2.37. The largest absolute Gasteiger partial charge is 0.347 e. The molecule has 0 amide bonds. The average molecular weight is 274 g/mol. The fourth-order valence-corrected chi connectivity index (χ4v) is 2.77. The normalized spacial score (nSPS) is 15.9. The van der Waals surface area contributed by atoms with E-state index in [1.54, 1.807) is 24.3 Å². The topological polar surface area (TPSA) is 6.48 Å². The highest BCUT2D eigenvalue weighted by Crippen LogP contribution is 2.30. The first-order valence-corrected chi connectivity index (χ1v) is 6.71. The zero-order valence-corrected chi connectivity index (χ0v) is 11.3. The summed E-state index contributed by atoms with van der Waals surface area (Å²) in [6, 6.07) is 13.4. The number of anilines is 2. The van der Waals surface area contributed by atoms with E-state index >= 15 is 0 Å². The molecule has 0 N–H and O–H groups in total. The van der Waals surface area contributed by atoms with Crippen LogP contribution >= 0.6 is 0 Å². The van der Waals surface area contributed by atoms with Crippen molar-refractivity contribution < 1.29 is 8.78 Å². The van der Waals surface area contributed by atoms with Gasteiger partial charge in [0.25, 0.3) is 0 Å². The maximum atomic E-state index is 13.9. The van der Waals surface area contributed by atoms with E-state index in [4.69, 9.17) is 0 Å². The predicted molar refractivity (Wildman–Crippen MR) is 77.0 cm³/mol. The van der Waals surface area contributed by atoms with E-state index in [0.717, 1.165) is 0 Å². The first-order valence-electron chi connectivity index (χ1n) is 6.71. The van der Waals surface area contributed by atoms with Crippen LogP contribution in [0.5, 0.6) is 0 Å². The molecular formula is C16H16F2N2. The van der Waals surface area contributed by atoms with Crippen LogP contribution in [0.2, 0.25) is 0 Å². The van der Waals surface area contributed by atoms with E-state index < -0.39 is 0 Å². The molecule has 0 radical (unpaired) electrons. The molecule has 0 aliphatic carbocycles. The highest BCUT2D eigenvalue weighted by atomic mass is 19.1. The van der Waals surface area contributed by atoms with Crippen molar-refractivity contribution in [3.63, 3.8) is 0 Å². The van der Waals surface area contributed by atoms with Crippen molar-refractivity contribution in [1.29, 1.82) is 0 Å². The summed E-state index contributed by atoms with van der Waals surface area (Å²) >= 11 is 0. The van der Waals surface area contributed by atoms with Gasteiger partial charge in [-0.15, -0.1) is 0 Å². The summed E-state index contributed by atoms with van der Waals surface area (Å²) in [5.74, 6) is -0.482. The first-order chi connectivity index (χ1) is 9.68. The molecule has 0 aromatic heterocycles. The molecule has 2 aromatic rings. The van der Waals surface area contributed by atoms with E-state index in [2.05, 4.69) is 0 Å². The smallest absolute Gasteiger partial charge is 0.146 e. The second-order valence-corrected chi connectivity index (χ2v) is 4.92. The Morgan fingerprint density at radius 3 is 1.60 bits per heavy atom. The molecule has 3 rings (SSSR count). The van der Waals surface area contributed by atoms with Crippen LogP contribution in [0.1, 0.15) is 6.92 Å². The highest BCUT2D eigenvalue weighted by Gasteiger charge is 2.31. The minimum Gasteiger partial charge on any atom is -0.347 e. The number of benzene rings is 2. The fraction of sp³-hybridized carbons (Fsp3) is 0.250. The maximum Gasteiger partial charge on any atom is 0.146 e. The van der Waals surface area contributed by atoms with Gasteiger partial charge in [0.15, 0.2) is 0 Å². The standard InChI is InChI=1S/C16H16F2N2/c1-12-19(15-8-4-2-6-13(15)17)10-11-20(12)16-9-5-3-7-14(16)18/h2-9,12H,10-11H2,1H3. The Labute approximate surface area is 117 Å². The van der Waals surface area contributed by atoms with Crippen molar-refractivity contribution >= 4 is 11.4 Å². The molecule has 1 aliphatic rings.